The van der Waals surface area contributed by atoms with Gasteiger partial charge in [0.25, 0.3) is 0 Å². The summed E-state index contributed by atoms with van der Waals surface area (Å²) in [5.74, 6) is 0.719. The Hall–Kier alpha value is -1.39. The van der Waals surface area contributed by atoms with E-state index in [0.717, 1.165) is 28.0 Å². The van der Waals surface area contributed by atoms with E-state index in [1.165, 1.54) is 12.8 Å². The summed E-state index contributed by atoms with van der Waals surface area (Å²) >= 11 is 3.53. The third kappa shape index (κ3) is 3.58. The van der Waals surface area contributed by atoms with E-state index in [2.05, 4.69) is 38.4 Å². The van der Waals surface area contributed by atoms with Gasteiger partial charge in [-0.15, -0.1) is 0 Å². The molecule has 1 aliphatic carbocycles. The predicted molar refractivity (Wildman–Crippen MR) is 82.6 cm³/mol. The van der Waals surface area contributed by atoms with E-state index in [1.807, 2.05) is 24.3 Å². The van der Waals surface area contributed by atoms with E-state index in [4.69, 9.17) is 4.74 Å². The van der Waals surface area contributed by atoms with Crippen molar-refractivity contribution in [2.75, 3.05) is 0 Å². The summed E-state index contributed by atoms with van der Waals surface area (Å²) in [5.41, 5.74) is 2.24. The van der Waals surface area contributed by atoms with Gasteiger partial charge < -0.3 is 10.1 Å². The average Bonchev–Trinajstić information content (AvgIpc) is 3.29. The fourth-order valence-corrected chi connectivity index (χ4v) is 2.39. The number of hydrogen-bond donors (Lipinski definition) is 1. The molecule has 104 valence electrons. The summed E-state index contributed by atoms with van der Waals surface area (Å²) in [5, 5.41) is 3.49. The van der Waals surface area contributed by atoms with Crippen molar-refractivity contribution < 1.29 is 4.74 Å². The zero-order chi connectivity index (χ0) is 13.8. The van der Waals surface area contributed by atoms with Crippen molar-refractivity contribution in [1.82, 2.24) is 10.3 Å². The van der Waals surface area contributed by atoms with Crippen LogP contribution in [0, 0.1) is 0 Å². The van der Waals surface area contributed by atoms with Crippen LogP contribution in [-0.4, -0.2) is 11.0 Å². The van der Waals surface area contributed by atoms with E-state index in [1.54, 1.807) is 6.20 Å². The number of nitrogens with zero attached hydrogens (tertiary/aromatic N) is 1. The van der Waals surface area contributed by atoms with E-state index < -0.39 is 0 Å². The highest BCUT2D eigenvalue weighted by Gasteiger charge is 2.20. The molecule has 2 aromatic rings. The largest absolute Gasteiger partial charge is 0.473 e. The van der Waals surface area contributed by atoms with Crippen molar-refractivity contribution in [2.45, 2.75) is 32.0 Å². The number of nitrogens with one attached hydrogen (secondary N) is 1. The molecule has 1 aromatic heterocycles. The van der Waals surface area contributed by atoms with E-state index in [0.29, 0.717) is 12.6 Å². The van der Waals surface area contributed by atoms with Gasteiger partial charge in [-0.25, -0.2) is 4.98 Å². The van der Waals surface area contributed by atoms with Crippen LogP contribution in [-0.2, 0) is 13.2 Å². The highest BCUT2D eigenvalue weighted by atomic mass is 79.9. The first-order valence-corrected chi connectivity index (χ1v) is 7.66. The number of benzene rings is 1. The zero-order valence-electron chi connectivity index (χ0n) is 11.2. The molecule has 0 amide bonds. The van der Waals surface area contributed by atoms with Gasteiger partial charge in [0.2, 0.25) is 5.88 Å². The monoisotopic (exact) mass is 332 g/mol. The van der Waals surface area contributed by atoms with Gasteiger partial charge in [-0.3, -0.25) is 0 Å². The maximum Gasteiger partial charge on any atom is 0.218 e. The summed E-state index contributed by atoms with van der Waals surface area (Å²) in [7, 11) is 0. The van der Waals surface area contributed by atoms with Crippen molar-refractivity contribution in [3.8, 4) is 5.88 Å². The average molecular weight is 333 g/mol. The maximum atomic E-state index is 5.88. The Morgan fingerprint density at radius 2 is 1.95 bits per heavy atom. The summed E-state index contributed by atoms with van der Waals surface area (Å²) in [6, 6.07) is 12.8. The number of rotatable bonds is 6. The van der Waals surface area contributed by atoms with Crippen molar-refractivity contribution in [2.24, 2.45) is 0 Å². The molecule has 3 nitrogen and oxygen atoms in total. The van der Waals surface area contributed by atoms with Crippen LogP contribution in [0.25, 0.3) is 0 Å². The third-order valence-electron chi connectivity index (χ3n) is 3.33. The SMILES string of the molecule is Brc1ccccc1COc1ncccc1CNC1CC1. The molecule has 1 aliphatic rings. The second kappa shape index (κ2) is 6.37. The Morgan fingerprint density at radius 3 is 2.75 bits per heavy atom. The van der Waals surface area contributed by atoms with Crippen LogP contribution in [0.2, 0.25) is 0 Å². The number of pyridine rings is 1. The van der Waals surface area contributed by atoms with Crippen LogP contribution in [0.5, 0.6) is 5.88 Å². The molecule has 1 heterocycles. The summed E-state index contributed by atoms with van der Waals surface area (Å²) in [6.07, 6.45) is 4.34. The standard InChI is InChI=1S/C16H17BrN2O/c17-15-6-2-1-4-13(15)11-20-16-12(5-3-9-18-16)10-19-14-7-8-14/h1-6,9,14,19H,7-8,10-11H2. The lowest BCUT2D eigenvalue weighted by Crippen LogP contribution is -2.16. The fraction of sp³-hybridized carbons (Fsp3) is 0.312. The maximum absolute atomic E-state index is 5.88. The van der Waals surface area contributed by atoms with Gasteiger partial charge in [0, 0.05) is 34.4 Å². The summed E-state index contributed by atoms with van der Waals surface area (Å²) in [6.45, 7) is 1.35. The second-order valence-corrected chi connectivity index (χ2v) is 5.86. The molecule has 1 fully saturated rings. The molecule has 0 spiro atoms. The van der Waals surface area contributed by atoms with Crippen LogP contribution in [0.4, 0.5) is 0 Å². The number of ether oxygens (including phenoxy) is 1. The van der Waals surface area contributed by atoms with Crippen molar-refractivity contribution >= 4 is 15.9 Å². The molecule has 1 saturated carbocycles. The van der Waals surface area contributed by atoms with Crippen LogP contribution in [0.15, 0.2) is 47.1 Å². The Kier molecular flexibility index (Phi) is 4.33. The zero-order valence-corrected chi connectivity index (χ0v) is 12.8. The first-order valence-electron chi connectivity index (χ1n) is 6.86. The molecule has 0 atom stereocenters. The number of aromatic nitrogens is 1. The number of halogens is 1. The predicted octanol–water partition coefficient (Wildman–Crippen LogP) is 3.68. The van der Waals surface area contributed by atoms with Crippen molar-refractivity contribution in [3.63, 3.8) is 0 Å². The highest BCUT2D eigenvalue weighted by Crippen LogP contribution is 2.23. The van der Waals surface area contributed by atoms with Crippen LogP contribution in [0.3, 0.4) is 0 Å². The molecular weight excluding hydrogens is 316 g/mol. The molecule has 3 rings (SSSR count). The lowest BCUT2D eigenvalue weighted by molar-refractivity contribution is 0.289. The molecule has 0 bridgehead atoms. The van der Waals surface area contributed by atoms with E-state index >= 15 is 0 Å². The normalized spacial score (nSPS) is 14.2. The van der Waals surface area contributed by atoms with Gasteiger partial charge in [-0.2, -0.15) is 0 Å². The minimum Gasteiger partial charge on any atom is -0.473 e. The van der Waals surface area contributed by atoms with Gasteiger partial charge in [-0.05, 0) is 25.0 Å². The smallest absolute Gasteiger partial charge is 0.218 e. The topological polar surface area (TPSA) is 34.1 Å². The fourth-order valence-electron chi connectivity index (χ4n) is 1.99. The van der Waals surface area contributed by atoms with E-state index in [9.17, 15) is 0 Å². The van der Waals surface area contributed by atoms with Crippen molar-refractivity contribution in [3.05, 3.63) is 58.2 Å². The second-order valence-electron chi connectivity index (χ2n) is 5.00. The first kappa shape index (κ1) is 13.6. The molecule has 0 unspecified atom stereocenters. The Bertz CT molecular complexity index is 584. The van der Waals surface area contributed by atoms with Crippen LogP contribution < -0.4 is 10.1 Å². The first-order chi connectivity index (χ1) is 9.83. The lowest BCUT2D eigenvalue weighted by Gasteiger charge is -2.11. The molecule has 20 heavy (non-hydrogen) atoms. The Morgan fingerprint density at radius 1 is 1.15 bits per heavy atom. The van der Waals surface area contributed by atoms with Gasteiger partial charge in [0.15, 0.2) is 0 Å². The lowest BCUT2D eigenvalue weighted by atomic mass is 10.2. The highest BCUT2D eigenvalue weighted by molar-refractivity contribution is 9.10. The number of hydrogen-bond acceptors (Lipinski definition) is 3. The van der Waals surface area contributed by atoms with Gasteiger partial charge >= 0.3 is 0 Å². The molecule has 0 aliphatic heterocycles. The molecule has 4 heteroatoms. The Balaban J connectivity index is 1.65. The molecule has 1 aromatic carbocycles. The summed E-state index contributed by atoms with van der Waals surface area (Å²) in [4.78, 5) is 4.34. The summed E-state index contributed by atoms with van der Waals surface area (Å²) < 4.78 is 6.94. The minimum absolute atomic E-state index is 0.523. The van der Waals surface area contributed by atoms with Gasteiger partial charge in [0.05, 0.1) is 0 Å². The molecule has 0 saturated heterocycles. The molecule has 1 N–H and O–H groups in total. The van der Waals surface area contributed by atoms with Crippen LogP contribution >= 0.6 is 15.9 Å². The molecular formula is C16H17BrN2O. The molecule has 0 radical (unpaired) electrons. The van der Waals surface area contributed by atoms with Gasteiger partial charge in [0.1, 0.15) is 6.61 Å². The Labute approximate surface area is 127 Å². The van der Waals surface area contributed by atoms with Gasteiger partial charge in [-0.1, -0.05) is 40.2 Å². The van der Waals surface area contributed by atoms with Crippen LogP contribution in [0.1, 0.15) is 24.0 Å². The minimum atomic E-state index is 0.523. The van der Waals surface area contributed by atoms with Crippen molar-refractivity contribution in [1.29, 1.82) is 0 Å². The van der Waals surface area contributed by atoms with E-state index in [-0.39, 0.29) is 0 Å². The quantitative estimate of drug-likeness (QED) is 0.876. The third-order valence-corrected chi connectivity index (χ3v) is 4.10.